The van der Waals surface area contributed by atoms with Crippen molar-refractivity contribution in [3.05, 3.63) is 88.5 Å². The van der Waals surface area contributed by atoms with Gasteiger partial charge in [-0.3, -0.25) is 9.29 Å². The molecule has 0 amide bonds. The lowest BCUT2D eigenvalue weighted by atomic mass is 9.87. The number of halogens is 1. The molecule has 0 spiro atoms. The summed E-state index contributed by atoms with van der Waals surface area (Å²) in [4.78, 5) is 2.29. The van der Waals surface area contributed by atoms with E-state index in [1.165, 1.54) is 44.7 Å². The highest BCUT2D eigenvalue weighted by atomic mass is 19.1. The fourth-order valence-corrected chi connectivity index (χ4v) is 6.16. The molecule has 0 saturated carbocycles. The normalized spacial score (nSPS) is 19.3. The smallest absolute Gasteiger partial charge is 0.119 e. The number of anilines is 1. The van der Waals surface area contributed by atoms with Crippen LogP contribution in [0.3, 0.4) is 0 Å². The molecule has 4 nitrogen and oxygen atoms in total. The zero-order chi connectivity index (χ0) is 25.2. The van der Waals surface area contributed by atoms with Crippen molar-refractivity contribution in [2.75, 3.05) is 38.2 Å². The van der Waals surface area contributed by atoms with E-state index in [1.807, 2.05) is 6.07 Å². The van der Waals surface area contributed by atoms with Gasteiger partial charge in [-0.25, -0.2) is 0 Å². The Balaban J connectivity index is 1.33. The number of hydrogen-bond donors (Lipinski definition) is 2. The minimum Gasteiger partial charge on any atom is -0.508 e. The summed E-state index contributed by atoms with van der Waals surface area (Å²) < 4.78 is 18.8. The zero-order valence-electron chi connectivity index (χ0n) is 21.3. The molecule has 0 bridgehead atoms. The number of aryl methyl sites for hydroxylation is 1. The monoisotopic (exact) mass is 498 g/mol. The number of nitrogens with zero attached hydrogens (tertiary/aromatic N) is 1. The van der Waals surface area contributed by atoms with Gasteiger partial charge in [-0.1, -0.05) is 24.3 Å². The third-order valence-electron chi connectivity index (χ3n) is 7.98. The predicted molar refractivity (Wildman–Crippen MR) is 148 cm³/mol. The Hall–Kier alpha value is -3.31. The van der Waals surface area contributed by atoms with Crippen LogP contribution in [0.5, 0.6) is 11.5 Å². The lowest BCUT2D eigenvalue weighted by Gasteiger charge is -2.19. The minimum absolute atomic E-state index is 0.154. The highest BCUT2D eigenvalue weighted by molar-refractivity contribution is 6.00. The zero-order valence-corrected chi connectivity index (χ0v) is 21.3. The number of ether oxygens (including phenoxy) is 1. The Bertz CT molecular complexity index is 1300. The van der Waals surface area contributed by atoms with E-state index in [0.717, 1.165) is 64.0 Å². The average molecular weight is 499 g/mol. The molecule has 2 N–H and O–H groups in total. The minimum atomic E-state index is -0.258. The Morgan fingerprint density at radius 1 is 0.946 bits per heavy atom. The summed E-state index contributed by atoms with van der Waals surface area (Å²) in [6.45, 7) is 3.38. The summed E-state index contributed by atoms with van der Waals surface area (Å²) in [5.41, 5.74) is 10.1. The SMILES string of the molecule is Oc1ccc2c(c1)CCCC(c1ccc3c(c1)CCN3)=C2c1ccc(O[C@H]2CCN(CCCF)C2)cc1. The van der Waals surface area contributed by atoms with E-state index in [1.54, 1.807) is 6.07 Å². The Labute approximate surface area is 218 Å². The first-order valence-electron chi connectivity index (χ1n) is 13.7. The van der Waals surface area contributed by atoms with E-state index in [9.17, 15) is 9.50 Å². The number of phenolic OH excluding ortho intramolecular Hbond substituents is 1. The van der Waals surface area contributed by atoms with E-state index in [0.29, 0.717) is 12.2 Å². The topological polar surface area (TPSA) is 44.7 Å². The highest BCUT2D eigenvalue weighted by Crippen LogP contribution is 2.42. The first kappa shape index (κ1) is 24.1. The van der Waals surface area contributed by atoms with Crippen LogP contribution in [0.4, 0.5) is 10.1 Å². The van der Waals surface area contributed by atoms with Crippen molar-refractivity contribution in [1.29, 1.82) is 0 Å². The first-order valence-corrected chi connectivity index (χ1v) is 13.7. The summed E-state index contributed by atoms with van der Waals surface area (Å²) in [6, 6.07) is 21.2. The molecule has 5 heteroatoms. The molecule has 1 atom stereocenters. The molecular formula is C32H35FN2O2. The molecule has 2 heterocycles. The molecule has 3 aromatic carbocycles. The number of fused-ring (bicyclic) bond motifs is 2. The standard InChI is InChI=1S/C32H35FN2O2/c33-15-2-17-35-18-14-28(21-35)37-27-9-5-22(6-10-27)32-29(24-7-12-31-25(19-24)13-16-34-31)4-1-3-23-20-26(36)8-11-30(23)32/h5-12,19-20,28,34,36H,1-4,13-18,21H2/t28-/m0/s1. The third kappa shape index (κ3) is 5.10. The van der Waals surface area contributed by atoms with E-state index in [2.05, 4.69) is 58.7 Å². The number of aromatic hydroxyl groups is 1. The summed E-state index contributed by atoms with van der Waals surface area (Å²) >= 11 is 0. The number of nitrogens with one attached hydrogen (secondary N) is 1. The number of rotatable bonds is 7. The molecule has 1 saturated heterocycles. The highest BCUT2D eigenvalue weighted by Gasteiger charge is 2.25. The number of phenols is 1. The van der Waals surface area contributed by atoms with Gasteiger partial charge in [0.05, 0.1) is 6.67 Å². The van der Waals surface area contributed by atoms with Crippen molar-refractivity contribution in [2.45, 2.75) is 44.6 Å². The third-order valence-corrected chi connectivity index (χ3v) is 7.98. The van der Waals surface area contributed by atoms with Crippen LogP contribution in [0.2, 0.25) is 0 Å². The average Bonchev–Trinajstić information content (AvgIpc) is 3.53. The molecule has 0 radical (unpaired) electrons. The maximum Gasteiger partial charge on any atom is 0.119 e. The van der Waals surface area contributed by atoms with Crippen LogP contribution >= 0.6 is 0 Å². The lowest BCUT2D eigenvalue weighted by Crippen LogP contribution is -2.26. The second kappa shape index (κ2) is 10.6. The van der Waals surface area contributed by atoms with Crippen molar-refractivity contribution >= 4 is 16.8 Å². The van der Waals surface area contributed by atoms with Gasteiger partial charge in [-0.15, -0.1) is 0 Å². The molecule has 2 aliphatic heterocycles. The Kier molecular flexibility index (Phi) is 6.88. The van der Waals surface area contributed by atoms with Crippen molar-refractivity contribution in [1.82, 2.24) is 4.90 Å². The van der Waals surface area contributed by atoms with Gasteiger partial charge in [0.25, 0.3) is 0 Å². The number of likely N-dealkylation sites (tertiary alicyclic amines) is 1. The van der Waals surface area contributed by atoms with Gasteiger partial charge < -0.3 is 15.2 Å². The van der Waals surface area contributed by atoms with Crippen LogP contribution in [0, 0.1) is 0 Å². The van der Waals surface area contributed by atoms with Crippen molar-refractivity contribution in [3.8, 4) is 11.5 Å². The lowest BCUT2D eigenvalue weighted by molar-refractivity contribution is 0.198. The summed E-state index contributed by atoms with van der Waals surface area (Å²) in [7, 11) is 0. The van der Waals surface area contributed by atoms with Gasteiger partial charge in [0.15, 0.2) is 0 Å². The predicted octanol–water partition coefficient (Wildman–Crippen LogP) is 6.47. The van der Waals surface area contributed by atoms with Gasteiger partial charge in [0.2, 0.25) is 0 Å². The summed E-state index contributed by atoms with van der Waals surface area (Å²) in [5.74, 6) is 1.21. The van der Waals surface area contributed by atoms with Gasteiger partial charge in [0.1, 0.15) is 17.6 Å². The van der Waals surface area contributed by atoms with Crippen LogP contribution in [0.1, 0.15) is 53.5 Å². The van der Waals surface area contributed by atoms with Crippen LogP contribution in [-0.2, 0) is 12.8 Å². The fraction of sp³-hybridized carbons (Fsp3) is 0.375. The van der Waals surface area contributed by atoms with Crippen molar-refractivity contribution in [3.63, 3.8) is 0 Å². The molecule has 1 fully saturated rings. The van der Waals surface area contributed by atoms with Gasteiger partial charge >= 0.3 is 0 Å². The number of hydrogen-bond acceptors (Lipinski definition) is 4. The maximum atomic E-state index is 12.5. The molecule has 192 valence electrons. The Morgan fingerprint density at radius 3 is 2.68 bits per heavy atom. The van der Waals surface area contributed by atoms with Crippen LogP contribution in [0.15, 0.2) is 60.7 Å². The van der Waals surface area contributed by atoms with Gasteiger partial charge in [-0.2, -0.15) is 0 Å². The number of benzene rings is 3. The Morgan fingerprint density at radius 2 is 1.81 bits per heavy atom. The van der Waals surface area contributed by atoms with Crippen LogP contribution < -0.4 is 10.1 Å². The second-order valence-corrected chi connectivity index (χ2v) is 10.5. The van der Waals surface area contributed by atoms with Crippen LogP contribution in [0.25, 0.3) is 11.1 Å². The van der Waals surface area contributed by atoms with Crippen LogP contribution in [-0.4, -0.2) is 49.0 Å². The molecule has 0 unspecified atom stereocenters. The molecule has 3 aliphatic rings. The second-order valence-electron chi connectivity index (χ2n) is 10.5. The van der Waals surface area contributed by atoms with Crippen molar-refractivity contribution in [2.24, 2.45) is 0 Å². The van der Waals surface area contributed by atoms with Gasteiger partial charge in [-0.05, 0) is 114 Å². The number of allylic oxidation sites excluding steroid dienone is 1. The van der Waals surface area contributed by atoms with Gasteiger partial charge in [0, 0.05) is 31.9 Å². The van der Waals surface area contributed by atoms with E-state index < -0.39 is 0 Å². The quantitative estimate of drug-likeness (QED) is 0.392. The fourth-order valence-electron chi connectivity index (χ4n) is 6.16. The molecule has 6 rings (SSSR count). The van der Waals surface area contributed by atoms with E-state index in [-0.39, 0.29) is 12.8 Å². The largest absolute Gasteiger partial charge is 0.508 e. The molecule has 1 aliphatic carbocycles. The first-order chi connectivity index (χ1) is 18.2. The van der Waals surface area contributed by atoms with E-state index in [4.69, 9.17) is 4.74 Å². The maximum absolute atomic E-state index is 12.5. The summed E-state index contributed by atoms with van der Waals surface area (Å²) in [6.07, 6.45) is 5.78. The van der Waals surface area contributed by atoms with Crippen molar-refractivity contribution < 1.29 is 14.2 Å². The molecular weight excluding hydrogens is 463 g/mol. The summed E-state index contributed by atoms with van der Waals surface area (Å²) in [5, 5.41) is 13.7. The molecule has 3 aromatic rings. The number of alkyl halides is 1. The molecule has 37 heavy (non-hydrogen) atoms. The molecule has 0 aromatic heterocycles. The van der Waals surface area contributed by atoms with E-state index >= 15 is 0 Å².